The molecule has 1 aromatic heterocycles. The van der Waals surface area contributed by atoms with Gasteiger partial charge < -0.3 is 19.2 Å². The highest BCUT2D eigenvalue weighted by atomic mass is 35.5. The van der Waals surface area contributed by atoms with E-state index in [1.165, 1.54) is 11.8 Å². The van der Waals surface area contributed by atoms with Gasteiger partial charge in [0.2, 0.25) is 5.91 Å². The molecule has 1 amide bonds. The second-order valence-corrected chi connectivity index (χ2v) is 6.65. The van der Waals surface area contributed by atoms with Gasteiger partial charge in [0.05, 0.1) is 12.8 Å². The lowest BCUT2D eigenvalue weighted by Crippen LogP contribution is -2.20. The molecule has 9 heteroatoms. The predicted molar refractivity (Wildman–Crippen MR) is 107 cm³/mol. The molecule has 0 aliphatic rings. The fourth-order valence-electron chi connectivity index (χ4n) is 2.47. The van der Waals surface area contributed by atoms with Gasteiger partial charge in [-0.05, 0) is 49.0 Å². The number of aryl methyl sites for hydroxylation is 1. The van der Waals surface area contributed by atoms with E-state index in [4.69, 9.17) is 37.7 Å². The highest BCUT2D eigenvalue weighted by Crippen LogP contribution is 2.27. The Morgan fingerprint density at radius 2 is 2.07 bits per heavy atom. The minimum atomic E-state index is -0.351. The summed E-state index contributed by atoms with van der Waals surface area (Å²) in [6.45, 7) is 1.92. The van der Waals surface area contributed by atoms with Crippen LogP contribution in [0.5, 0.6) is 11.5 Å². The first-order valence-corrected chi connectivity index (χ1v) is 9.13. The lowest BCUT2D eigenvalue weighted by Gasteiger charge is -2.10. The number of hydrogen-bond donors (Lipinski definition) is 1. The van der Waals surface area contributed by atoms with Crippen molar-refractivity contribution in [1.29, 1.82) is 0 Å². The van der Waals surface area contributed by atoms with E-state index in [9.17, 15) is 4.79 Å². The summed E-state index contributed by atoms with van der Waals surface area (Å²) in [5, 5.41) is 7.40. The Hall–Kier alpha value is -2.84. The van der Waals surface area contributed by atoms with Gasteiger partial charge in [-0.15, -0.1) is 5.10 Å². The number of nitrogens with one attached hydrogen (secondary N) is 1. The summed E-state index contributed by atoms with van der Waals surface area (Å²) in [7, 11) is 1.51. The maximum absolute atomic E-state index is 12.4. The molecule has 0 aliphatic heterocycles. The van der Waals surface area contributed by atoms with Crippen LogP contribution in [0.2, 0.25) is 5.02 Å². The summed E-state index contributed by atoms with van der Waals surface area (Å²) in [4.78, 5) is 12.4. The molecule has 0 saturated carbocycles. The highest BCUT2D eigenvalue weighted by Gasteiger charge is 2.13. The third-order valence-corrected chi connectivity index (χ3v) is 4.35. The van der Waals surface area contributed by atoms with E-state index in [0.29, 0.717) is 16.5 Å². The van der Waals surface area contributed by atoms with E-state index in [1.807, 2.05) is 31.2 Å². The van der Waals surface area contributed by atoms with Crippen molar-refractivity contribution < 1.29 is 18.7 Å². The minimum absolute atomic E-state index is 0.0802. The molecule has 0 saturated heterocycles. The van der Waals surface area contributed by atoms with Crippen molar-refractivity contribution in [3.05, 3.63) is 63.8 Å². The average Bonchev–Trinajstić information content (AvgIpc) is 3.00. The zero-order valence-electron chi connectivity index (χ0n) is 15.3. The van der Waals surface area contributed by atoms with E-state index < -0.39 is 0 Å². The Labute approximate surface area is 171 Å². The highest BCUT2D eigenvalue weighted by molar-refractivity contribution is 7.71. The van der Waals surface area contributed by atoms with Gasteiger partial charge in [-0.2, -0.15) is 0 Å². The van der Waals surface area contributed by atoms with Crippen molar-refractivity contribution in [2.24, 2.45) is 0 Å². The van der Waals surface area contributed by atoms with Gasteiger partial charge in [0.1, 0.15) is 18.0 Å². The van der Waals surface area contributed by atoms with Crippen molar-refractivity contribution in [1.82, 2.24) is 9.78 Å². The molecule has 3 aromatic rings. The van der Waals surface area contributed by atoms with Gasteiger partial charge in [0.15, 0.2) is 6.61 Å². The zero-order valence-corrected chi connectivity index (χ0v) is 16.8. The number of rotatable bonds is 7. The van der Waals surface area contributed by atoms with Crippen LogP contribution in [0.3, 0.4) is 0 Å². The van der Waals surface area contributed by atoms with Crippen LogP contribution in [0.4, 0.5) is 5.69 Å². The number of benzene rings is 2. The van der Waals surface area contributed by atoms with Gasteiger partial charge in [-0.25, -0.2) is 4.68 Å². The number of anilines is 1. The summed E-state index contributed by atoms with van der Waals surface area (Å²) in [6.07, 6.45) is 0. The standard InChI is InChI=1S/C19H18ClN3O4S/c1-12-5-3-4-6-15(12)26-11-18-22-23(19(28)27-18)10-17(24)21-14-9-13(20)7-8-16(14)25-2/h3-9H,10-11H2,1-2H3,(H,21,24). The molecule has 0 unspecified atom stereocenters. The third kappa shape index (κ3) is 4.90. The number of amides is 1. The normalized spacial score (nSPS) is 10.5. The number of aromatic nitrogens is 2. The van der Waals surface area contributed by atoms with Crippen LogP contribution in [0.25, 0.3) is 0 Å². The fourth-order valence-corrected chi connectivity index (χ4v) is 2.84. The van der Waals surface area contributed by atoms with E-state index in [1.54, 1.807) is 18.2 Å². The maximum atomic E-state index is 12.4. The number of hydrogen-bond acceptors (Lipinski definition) is 6. The van der Waals surface area contributed by atoms with Crippen LogP contribution in [0.15, 0.2) is 46.9 Å². The molecule has 2 aromatic carbocycles. The molecule has 0 radical (unpaired) electrons. The topological polar surface area (TPSA) is 78.5 Å². The van der Waals surface area contributed by atoms with Crippen LogP contribution in [-0.4, -0.2) is 22.8 Å². The van der Waals surface area contributed by atoms with Crippen LogP contribution in [-0.2, 0) is 17.9 Å². The number of methoxy groups -OCH3 is 1. The lowest BCUT2D eigenvalue weighted by molar-refractivity contribution is -0.117. The second-order valence-electron chi connectivity index (χ2n) is 5.87. The summed E-state index contributed by atoms with van der Waals surface area (Å²) in [6, 6.07) is 12.5. The maximum Gasteiger partial charge on any atom is 0.287 e. The molecule has 146 valence electrons. The predicted octanol–water partition coefficient (Wildman–Crippen LogP) is 4.39. The van der Waals surface area contributed by atoms with Crippen LogP contribution >= 0.6 is 23.8 Å². The van der Waals surface area contributed by atoms with Crippen LogP contribution < -0.4 is 14.8 Å². The molecule has 3 rings (SSSR count). The van der Waals surface area contributed by atoms with E-state index in [-0.39, 0.29) is 29.8 Å². The number of nitrogens with zero attached hydrogens (tertiary/aromatic N) is 2. The minimum Gasteiger partial charge on any atom is -0.495 e. The van der Waals surface area contributed by atoms with Gasteiger partial charge in [0.25, 0.3) is 10.7 Å². The van der Waals surface area contributed by atoms with Crippen LogP contribution in [0.1, 0.15) is 11.5 Å². The Morgan fingerprint density at radius 3 is 2.82 bits per heavy atom. The lowest BCUT2D eigenvalue weighted by atomic mass is 10.2. The molecule has 28 heavy (non-hydrogen) atoms. The first-order valence-electron chi connectivity index (χ1n) is 8.35. The van der Waals surface area contributed by atoms with E-state index in [0.717, 1.165) is 11.3 Å². The van der Waals surface area contributed by atoms with Crippen molar-refractivity contribution in [3.8, 4) is 11.5 Å². The quantitative estimate of drug-likeness (QED) is 0.572. The Bertz CT molecular complexity index is 1050. The largest absolute Gasteiger partial charge is 0.495 e. The van der Waals surface area contributed by atoms with Crippen molar-refractivity contribution in [2.75, 3.05) is 12.4 Å². The Morgan fingerprint density at radius 1 is 1.29 bits per heavy atom. The first kappa shape index (κ1) is 19.9. The van der Waals surface area contributed by atoms with Crippen molar-refractivity contribution in [3.63, 3.8) is 0 Å². The summed E-state index contributed by atoms with van der Waals surface area (Å²) in [5.74, 6) is 1.15. The molecule has 7 nitrogen and oxygen atoms in total. The van der Waals surface area contributed by atoms with Gasteiger partial charge in [-0.3, -0.25) is 4.79 Å². The number of carbonyl (C=O) groups excluding carboxylic acids is 1. The molecule has 0 aliphatic carbocycles. The molecular weight excluding hydrogens is 402 g/mol. The summed E-state index contributed by atoms with van der Waals surface area (Å²) in [5.41, 5.74) is 1.45. The number of halogens is 1. The zero-order chi connectivity index (χ0) is 20.1. The van der Waals surface area contributed by atoms with Crippen molar-refractivity contribution in [2.45, 2.75) is 20.1 Å². The van der Waals surface area contributed by atoms with E-state index >= 15 is 0 Å². The molecular formula is C19H18ClN3O4S. The van der Waals surface area contributed by atoms with Gasteiger partial charge in [0, 0.05) is 5.02 Å². The monoisotopic (exact) mass is 419 g/mol. The van der Waals surface area contributed by atoms with E-state index in [2.05, 4.69) is 10.4 Å². The molecule has 0 spiro atoms. The number of carbonyl (C=O) groups is 1. The van der Waals surface area contributed by atoms with Crippen molar-refractivity contribution >= 4 is 35.4 Å². The average molecular weight is 420 g/mol. The first-order chi connectivity index (χ1) is 13.5. The molecule has 0 fully saturated rings. The number of para-hydroxylation sites is 1. The summed E-state index contributed by atoms with van der Waals surface area (Å²) >= 11 is 11.1. The van der Waals surface area contributed by atoms with Gasteiger partial charge >= 0.3 is 0 Å². The Balaban J connectivity index is 1.65. The second kappa shape index (κ2) is 8.90. The molecule has 1 heterocycles. The SMILES string of the molecule is COc1ccc(Cl)cc1NC(=O)Cn1nc(COc2ccccc2C)oc1=S. The molecule has 1 N–H and O–H groups in total. The smallest absolute Gasteiger partial charge is 0.287 e. The van der Waals surface area contributed by atoms with Crippen LogP contribution in [0, 0.1) is 11.8 Å². The fraction of sp³-hybridized carbons (Fsp3) is 0.211. The summed E-state index contributed by atoms with van der Waals surface area (Å²) < 4.78 is 17.6. The number of ether oxygens (including phenoxy) is 2. The third-order valence-electron chi connectivity index (χ3n) is 3.82. The molecule has 0 atom stereocenters. The Kier molecular flexibility index (Phi) is 6.33. The van der Waals surface area contributed by atoms with Gasteiger partial charge in [-0.1, -0.05) is 29.8 Å². The molecule has 0 bridgehead atoms.